The van der Waals surface area contributed by atoms with E-state index in [0.717, 1.165) is 37.9 Å². The van der Waals surface area contributed by atoms with Crippen LogP contribution in [0.15, 0.2) is 22.9 Å². The summed E-state index contributed by atoms with van der Waals surface area (Å²) in [7, 11) is 0. The number of hydrogen-bond donors (Lipinski definition) is 2. The Morgan fingerprint density at radius 1 is 1.03 bits per heavy atom. The molecule has 5 aliphatic rings. The van der Waals surface area contributed by atoms with E-state index in [9.17, 15) is 10.0 Å². The van der Waals surface area contributed by atoms with Crippen LogP contribution in [0.2, 0.25) is 0 Å². The smallest absolute Gasteiger partial charge is 0.249 e. The fraction of sp³-hybridized carbons (Fsp3) is 0.806. The zero-order chi connectivity index (χ0) is 25.9. The molecule has 0 spiro atoms. The Kier molecular flexibility index (Phi) is 5.14. The second-order valence-corrected chi connectivity index (χ2v) is 14.9. The lowest BCUT2D eigenvalue weighted by Crippen LogP contribution is -2.67. The second kappa shape index (κ2) is 7.48. The molecule has 5 aliphatic carbocycles. The third kappa shape index (κ3) is 2.71. The molecule has 9 atom stereocenters. The standard InChI is InChI=1S/C31H46N2O3/c1-18(2)20-10-13-31(26(34)33-35)15-14-29(6)21(24(20)31)8-9-23-28(5)16-19-17-32-36-25(19)27(3,4)22(28)11-12-30(23,29)7/h17,20-24,35H,1,8-16H2,2-7H3,(H,33,34)/t20-,21?,22-,23+,24-,28-,29+,30+,31-/m0/s1. The van der Waals surface area contributed by atoms with E-state index < -0.39 is 5.41 Å². The van der Waals surface area contributed by atoms with Crippen LogP contribution >= 0.6 is 0 Å². The Labute approximate surface area is 216 Å². The molecule has 0 bridgehead atoms. The summed E-state index contributed by atoms with van der Waals surface area (Å²) in [6.45, 7) is 19.1. The molecule has 1 aromatic heterocycles. The lowest BCUT2D eigenvalue weighted by molar-refractivity contribution is -0.226. The molecule has 0 aliphatic heterocycles. The van der Waals surface area contributed by atoms with Gasteiger partial charge in [-0.25, -0.2) is 5.48 Å². The molecule has 1 heterocycles. The molecule has 0 aromatic carbocycles. The van der Waals surface area contributed by atoms with Gasteiger partial charge < -0.3 is 4.52 Å². The third-order valence-corrected chi connectivity index (χ3v) is 13.6. The van der Waals surface area contributed by atoms with Gasteiger partial charge in [0, 0.05) is 11.0 Å². The number of hydrogen-bond acceptors (Lipinski definition) is 4. The topological polar surface area (TPSA) is 75.4 Å². The SMILES string of the molecule is C=C(C)[C@@H]1CC[C@]2(C(=O)NO)CC[C@]3(C)C(CC[C@@H]4[C@@]5(C)Cc6cnoc6C(C)(C)[C@@H]5CC[C@]43C)[C@H]12. The first-order valence-corrected chi connectivity index (χ1v) is 14.4. The van der Waals surface area contributed by atoms with Gasteiger partial charge in [0.15, 0.2) is 0 Å². The summed E-state index contributed by atoms with van der Waals surface area (Å²) in [5.41, 5.74) is 4.79. The van der Waals surface area contributed by atoms with Gasteiger partial charge in [-0.1, -0.05) is 51.9 Å². The highest BCUT2D eigenvalue weighted by Gasteiger charge is 2.72. The van der Waals surface area contributed by atoms with Gasteiger partial charge >= 0.3 is 0 Å². The summed E-state index contributed by atoms with van der Waals surface area (Å²) in [4.78, 5) is 13.3. The number of nitrogens with zero attached hydrogens (tertiary/aromatic N) is 1. The molecule has 1 unspecified atom stereocenters. The molecule has 36 heavy (non-hydrogen) atoms. The van der Waals surface area contributed by atoms with E-state index in [-0.39, 0.29) is 33.5 Å². The number of carbonyl (C=O) groups excluding carboxylic acids is 1. The van der Waals surface area contributed by atoms with E-state index in [0.29, 0.717) is 23.7 Å². The second-order valence-electron chi connectivity index (χ2n) is 14.9. The van der Waals surface area contributed by atoms with Crippen molar-refractivity contribution >= 4 is 5.91 Å². The van der Waals surface area contributed by atoms with Crippen molar-refractivity contribution in [2.45, 2.75) is 105 Å². The molecule has 1 amide bonds. The van der Waals surface area contributed by atoms with Crippen molar-refractivity contribution in [3.63, 3.8) is 0 Å². The number of nitrogens with one attached hydrogen (secondary N) is 1. The molecule has 0 saturated heterocycles. The Morgan fingerprint density at radius 3 is 2.47 bits per heavy atom. The average molecular weight is 495 g/mol. The fourth-order valence-corrected chi connectivity index (χ4v) is 11.9. The van der Waals surface area contributed by atoms with Crippen LogP contribution < -0.4 is 5.48 Å². The molecule has 4 saturated carbocycles. The highest BCUT2D eigenvalue weighted by Crippen LogP contribution is 2.77. The number of amides is 1. The molecular formula is C31H46N2O3. The van der Waals surface area contributed by atoms with Crippen LogP contribution in [-0.2, 0) is 16.6 Å². The lowest BCUT2D eigenvalue weighted by atomic mass is 9.32. The molecule has 2 N–H and O–H groups in total. The van der Waals surface area contributed by atoms with Crippen LogP contribution in [0.1, 0.15) is 104 Å². The number of hydroxylamine groups is 1. The van der Waals surface area contributed by atoms with Crippen LogP contribution in [-0.4, -0.2) is 16.3 Å². The fourth-order valence-electron chi connectivity index (χ4n) is 11.9. The highest BCUT2D eigenvalue weighted by molar-refractivity contribution is 5.82. The van der Waals surface area contributed by atoms with E-state index in [1.807, 2.05) is 6.20 Å². The molecule has 0 radical (unpaired) electrons. The number of aromatic nitrogens is 1. The van der Waals surface area contributed by atoms with Gasteiger partial charge in [0.1, 0.15) is 5.76 Å². The first-order chi connectivity index (χ1) is 16.9. The molecule has 6 rings (SSSR count). The number of fused-ring (bicyclic) bond motifs is 8. The maximum Gasteiger partial charge on any atom is 0.249 e. The predicted molar refractivity (Wildman–Crippen MR) is 139 cm³/mol. The van der Waals surface area contributed by atoms with E-state index in [1.165, 1.54) is 36.8 Å². The zero-order valence-corrected chi connectivity index (χ0v) is 23.2. The summed E-state index contributed by atoms with van der Waals surface area (Å²) < 4.78 is 5.84. The monoisotopic (exact) mass is 494 g/mol. The zero-order valence-electron chi connectivity index (χ0n) is 23.2. The Morgan fingerprint density at radius 2 is 1.78 bits per heavy atom. The van der Waals surface area contributed by atoms with Crippen molar-refractivity contribution in [1.29, 1.82) is 0 Å². The van der Waals surface area contributed by atoms with Crippen molar-refractivity contribution < 1.29 is 14.5 Å². The summed E-state index contributed by atoms with van der Waals surface area (Å²) in [5.74, 6) is 3.31. The van der Waals surface area contributed by atoms with Crippen LogP contribution in [0.5, 0.6) is 0 Å². The van der Waals surface area contributed by atoms with Crippen molar-refractivity contribution in [2.75, 3.05) is 0 Å². The van der Waals surface area contributed by atoms with E-state index >= 15 is 0 Å². The van der Waals surface area contributed by atoms with Gasteiger partial charge in [-0.15, -0.1) is 0 Å². The van der Waals surface area contributed by atoms with Crippen LogP contribution in [0, 0.1) is 51.2 Å². The summed E-state index contributed by atoms with van der Waals surface area (Å²) >= 11 is 0. The van der Waals surface area contributed by atoms with E-state index in [1.54, 1.807) is 0 Å². The van der Waals surface area contributed by atoms with Crippen molar-refractivity contribution in [3.05, 3.63) is 29.7 Å². The minimum absolute atomic E-state index is 0.00461. The quantitative estimate of drug-likeness (QED) is 0.268. The van der Waals surface area contributed by atoms with E-state index in [2.05, 4.69) is 58.8 Å². The Bertz CT molecular complexity index is 1110. The summed E-state index contributed by atoms with van der Waals surface area (Å²) in [6.07, 6.45) is 11.7. The van der Waals surface area contributed by atoms with E-state index in [4.69, 9.17) is 4.52 Å². The minimum Gasteiger partial charge on any atom is -0.361 e. The van der Waals surface area contributed by atoms with Crippen molar-refractivity contribution in [3.8, 4) is 0 Å². The summed E-state index contributed by atoms with van der Waals surface area (Å²) in [6, 6.07) is 0. The van der Waals surface area contributed by atoms with Gasteiger partial charge in [-0.2, -0.15) is 0 Å². The molecule has 1 aromatic rings. The van der Waals surface area contributed by atoms with Gasteiger partial charge in [0.05, 0.1) is 11.6 Å². The maximum absolute atomic E-state index is 13.3. The normalized spacial score (nSPS) is 48.6. The third-order valence-electron chi connectivity index (χ3n) is 13.6. The average Bonchev–Trinajstić information content (AvgIpc) is 3.44. The molecular weight excluding hydrogens is 448 g/mol. The molecule has 198 valence electrons. The Hall–Kier alpha value is -1.62. The number of allylic oxidation sites excluding steroid dienone is 1. The first kappa shape index (κ1) is 24.7. The minimum atomic E-state index is -0.447. The van der Waals surface area contributed by atoms with Gasteiger partial charge in [-0.3, -0.25) is 10.0 Å². The highest BCUT2D eigenvalue weighted by atomic mass is 16.5. The van der Waals surface area contributed by atoms with Gasteiger partial charge in [0.2, 0.25) is 5.91 Å². The van der Waals surface area contributed by atoms with Crippen LogP contribution in [0.25, 0.3) is 0 Å². The van der Waals surface area contributed by atoms with Gasteiger partial charge in [0.25, 0.3) is 0 Å². The van der Waals surface area contributed by atoms with Crippen molar-refractivity contribution in [2.24, 2.45) is 51.2 Å². The Balaban J connectivity index is 1.43. The van der Waals surface area contributed by atoms with Crippen molar-refractivity contribution in [1.82, 2.24) is 10.6 Å². The molecule has 5 nitrogen and oxygen atoms in total. The van der Waals surface area contributed by atoms with Crippen LogP contribution in [0.3, 0.4) is 0 Å². The first-order valence-electron chi connectivity index (χ1n) is 14.4. The largest absolute Gasteiger partial charge is 0.361 e. The lowest BCUT2D eigenvalue weighted by Gasteiger charge is -2.72. The van der Waals surface area contributed by atoms with Gasteiger partial charge in [-0.05, 0) is 111 Å². The molecule has 5 heteroatoms. The molecule has 4 fully saturated rings. The summed E-state index contributed by atoms with van der Waals surface area (Å²) in [5, 5.41) is 14.0. The number of rotatable bonds is 2. The predicted octanol–water partition coefficient (Wildman–Crippen LogP) is 6.85. The van der Waals surface area contributed by atoms with Crippen LogP contribution in [0.4, 0.5) is 0 Å². The number of carbonyl (C=O) groups is 1. The maximum atomic E-state index is 13.3.